The molecule has 1 aromatic heterocycles. The molecule has 0 aromatic carbocycles. The Morgan fingerprint density at radius 1 is 1.36 bits per heavy atom. The van der Waals surface area contributed by atoms with Crippen LogP contribution in [-0.2, 0) is 11.0 Å². The number of alkyl halides is 3. The summed E-state index contributed by atoms with van der Waals surface area (Å²) in [6, 6.07) is 0.331. The quantitative estimate of drug-likeness (QED) is 0.650. The lowest BCUT2D eigenvalue weighted by Crippen LogP contribution is -3.16. The van der Waals surface area contributed by atoms with Crippen LogP contribution in [0.15, 0.2) is 12.3 Å². The minimum absolute atomic E-state index is 0.00404. The average molecular weight is 382 g/mol. The summed E-state index contributed by atoms with van der Waals surface area (Å²) in [7, 11) is 1.42. The van der Waals surface area contributed by atoms with Crippen molar-refractivity contribution in [1.29, 1.82) is 0 Å². The standard InChI is InChI=1S/C14H17ClF3N5O2/c1-19-13(25)21-11(24)8-22-2-4-23(5-3-22)12-10(15)6-9(7-20-12)14(16,17)18/h6-7H,2-5,8H2,1H3,(H2,19,21,24,25)/p+2. The van der Waals surface area contributed by atoms with E-state index in [2.05, 4.69) is 15.6 Å². The summed E-state index contributed by atoms with van der Waals surface area (Å²) in [5, 5.41) is 4.48. The third kappa shape index (κ3) is 5.20. The van der Waals surface area contributed by atoms with Gasteiger partial charge in [-0.2, -0.15) is 13.2 Å². The normalized spacial score (nSPS) is 15.8. The predicted octanol–water partition coefficient (Wildman–Crippen LogP) is -0.667. The van der Waals surface area contributed by atoms with Crippen molar-refractivity contribution in [1.82, 2.24) is 10.6 Å². The van der Waals surface area contributed by atoms with E-state index in [1.54, 1.807) is 0 Å². The first-order valence-corrected chi connectivity index (χ1v) is 7.97. The average Bonchev–Trinajstić information content (AvgIpc) is 2.54. The number of aromatic nitrogens is 1. The third-order valence-corrected chi connectivity index (χ3v) is 4.17. The zero-order valence-corrected chi connectivity index (χ0v) is 14.2. The van der Waals surface area contributed by atoms with Crippen LogP contribution in [0.2, 0.25) is 5.02 Å². The fourth-order valence-corrected chi connectivity index (χ4v) is 2.84. The minimum atomic E-state index is -4.46. The topological polar surface area (TPSA) is 80.0 Å². The highest BCUT2D eigenvalue weighted by Crippen LogP contribution is 2.31. The van der Waals surface area contributed by atoms with Crippen LogP contribution in [0.3, 0.4) is 0 Å². The zero-order chi connectivity index (χ0) is 18.6. The van der Waals surface area contributed by atoms with Gasteiger partial charge < -0.3 is 10.2 Å². The number of quaternary nitrogens is 1. The first-order valence-electron chi connectivity index (χ1n) is 7.59. The SMILES string of the molecule is CNC(=O)NC(=O)C[NH+]1CCN(c2[nH+]cc(C(F)(F)F)cc2Cl)CC1. The Morgan fingerprint density at radius 2 is 2.00 bits per heavy atom. The third-order valence-electron chi connectivity index (χ3n) is 3.88. The zero-order valence-electron chi connectivity index (χ0n) is 13.5. The van der Waals surface area contributed by atoms with Crippen LogP contribution in [0, 0.1) is 0 Å². The first kappa shape index (κ1) is 19.3. The minimum Gasteiger partial charge on any atom is -0.341 e. The number of carbonyl (C=O) groups is 2. The molecule has 1 aliphatic heterocycles. The molecule has 0 atom stereocenters. The summed E-state index contributed by atoms with van der Waals surface area (Å²) >= 11 is 5.97. The molecule has 3 amide bonds. The van der Waals surface area contributed by atoms with Gasteiger partial charge in [-0.25, -0.2) is 14.7 Å². The van der Waals surface area contributed by atoms with Crippen molar-refractivity contribution in [2.24, 2.45) is 0 Å². The number of hydrogen-bond donors (Lipinski definition) is 3. The van der Waals surface area contributed by atoms with E-state index < -0.39 is 17.8 Å². The summed E-state index contributed by atoms with van der Waals surface area (Å²) in [4.78, 5) is 28.2. The molecule has 1 fully saturated rings. The van der Waals surface area contributed by atoms with Crippen molar-refractivity contribution in [2.45, 2.75) is 6.18 Å². The molecule has 1 aliphatic rings. The molecule has 0 saturated carbocycles. The molecule has 0 aliphatic carbocycles. The molecule has 0 spiro atoms. The highest BCUT2D eigenvalue weighted by molar-refractivity contribution is 6.32. The van der Waals surface area contributed by atoms with Crippen molar-refractivity contribution in [2.75, 3.05) is 44.7 Å². The van der Waals surface area contributed by atoms with Gasteiger partial charge in [0.2, 0.25) is 0 Å². The summed E-state index contributed by atoms with van der Waals surface area (Å²) in [5.41, 5.74) is -0.837. The number of pyridine rings is 1. The monoisotopic (exact) mass is 381 g/mol. The Kier molecular flexibility index (Phi) is 6.07. The van der Waals surface area contributed by atoms with Crippen molar-refractivity contribution < 1.29 is 32.6 Å². The van der Waals surface area contributed by atoms with E-state index in [0.29, 0.717) is 32.0 Å². The number of carbonyl (C=O) groups excluding carboxylic acids is 2. The molecule has 2 heterocycles. The smallest absolute Gasteiger partial charge is 0.341 e. The molecule has 2 rings (SSSR count). The van der Waals surface area contributed by atoms with Gasteiger partial charge in [0.1, 0.15) is 37.4 Å². The second-order valence-corrected chi connectivity index (χ2v) is 6.03. The van der Waals surface area contributed by atoms with E-state index in [-0.39, 0.29) is 17.5 Å². The maximum Gasteiger partial charge on any atom is 0.419 e. The fourth-order valence-electron chi connectivity index (χ4n) is 2.55. The second kappa shape index (κ2) is 7.87. The number of rotatable bonds is 3. The largest absolute Gasteiger partial charge is 0.419 e. The number of anilines is 1. The Hall–Kier alpha value is -2.07. The molecule has 7 nitrogen and oxygen atoms in total. The lowest BCUT2D eigenvalue weighted by Gasteiger charge is -2.28. The van der Waals surface area contributed by atoms with Crippen LogP contribution in [0.25, 0.3) is 0 Å². The summed E-state index contributed by atoms with van der Waals surface area (Å²) in [6.07, 6.45) is -3.57. The number of amides is 3. The molecular weight excluding hydrogens is 363 g/mol. The van der Waals surface area contributed by atoms with Gasteiger partial charge in [0.15, 0.2) is 6.54 Å². The first-order chi connectivity index (χ1) is 11.7. The Labute approximate surface area is 147 Å². The van der Waals surface area contributed by atoms with Crippen LogP contribution in [0.1, 0.15) is 5.56 Å². The number of nitrogens with one attached hydrogen (secondary N) is 4. The molecule has 1 aromatic rings. The second-order valence-electron chi connectivity index (χ2n) is 5.62. The lowest BCUT2D eigenvalue weighted by atomic mass is 10.2. The molecule has 1 saturated heterocycles. The maximum absolute atomic E-state index is 12.7. The Bertz CT molecular complexity index is 648. The van der Waals surface area contributed by atoms with E-state index >= 15 is 0 Å². The molecule has 0 bridgehead atoms. The number of H-pyrrole nitrogens is 1. The maximum atomic E-state index is 12.7. The number of urea groups is 1. The van der Waals surface area contributed by atoms with Gasteiger partial charge >= 0.3 is 12.2 Å². The van der Waals surface area contributed by atoms with E-state index in [4.69, 9.17) is 11.6 Å². The van der Waals surface area contributed by atoms with E-state index in [9.17, 15) is 22.8 Å². The Balaban J connectivity index is 1.92. The summed E-state index contributed by atoms with van der Waals surface area (Å²) < 4.78 is 38.0. The summed E-state index contributed by atoms with van der Waals surface area (Å²) in [5.74, 6) is 0.0328. The van der Waals surface area contributed by atoms with Gasteiger partial charge in [-0.05, 0) is 6.07 Å². The summed E-state index contributed by atoms with van der Waals surface area (Å²) in [6.45, 7) is 2.36. The van der Waals surface area contributed by atoms with Crippen LogP contribution in [0.5, 0.6) is 0 Å². The van der Waals surface area contributed by atoms with Crippen LogP contribution >= 0.6 is 11.6 Å². The molecule has 138 valence electrons. The van der Waals surface area contributed by atoms with Gasteiger partial charge in [0, 0.05) is 7.05 Å². The van der Waals surface area contributed by atoms with Gasteiger partial charge in [-0.1, -0.05) is 11.6 Å². The highest BCUT2D eigenvalue weighted by Gasteiger charge is 2.35. The molecule has 0 radical (unpaired) electrons. The highest BCUT2D eigenvalue weighted by atomic mass is 35.5. The predicted molar refractivity (Wildman–Crippen MR) is 83.4 cm³/mol. The molecule has 0 unspecified atom stereocenters. The number of halogens is 4. The molecular formula is C14H19ClF3N5O2+2. The van der Waals surface area contributed by atoms with E-state index in [0.717, 1.165) is 17.2 Å². The fraction of sp³-hybridized carbons (Fsp3) is 0.500. The van der Waals surface area contributed by atoms with E-state index in [1.807, 2.05) is 4.90 Å². The number of nitrogens with zero attached hydrogens (tertiary/aromatic N) is 1. The van der Waals surface area contributed by atoms with Crippen molar-refractivity contribution in [3.05, 3.63) is 22.8 Å². The molecule has 11 heteroatoms. The number of aromatic amines is 1. The van der Waals surface area contributed by atoms with Crippen LogP contribution < -0.4 is 25.4 Å². The number of piperazine rings is 1. The van der Waals surface area contributed by atoms with Gasteiger partial charge in [-0.15, -0.1) is 0 Å². The van der Waals surface area contributed by atoms with Crippen molar-refractivity contribution in [3.63, 3.8) is 0 Å². The van der Waals surface area contributed by atoms with Crippen molar-refractivity contribution in [3.8, 4) is 0 Å². The molecule has 4 N–H and O–H groups in total. The van der Waals surface area contributed by atoms with Crippen LogP contribution in [0.4, 0.5) is 23.8 Å². The van der Waals surface area contributed by atoms with Crippen molar-refractivity contribution >= 4 is 29.4 Å². The number of hydrogen-bond acceptors (Lipinski definition) is 3. The lowest BCUT2D eigenvalue weighted by molar-refractivity contribution is -0.892. The molecule has 25 heavy (non-hydrogen) atoms. The van der Waals surface area contributed by atoms with Gasteiger partial charge in [0.25, 0.3) is 11.7 Å². The van der Waals surface area contributed by atoms with Crippen LogP contribution in [-0.4, -0.2) is 51.7 Å². The Morgan fingerprint density at radius 3 is 2.52 bits per heavy atom. The number of imide groups is 1. The van der Waals surface area contributed by atoms with Gasteiger partial charge in [-0.3, -0.25) is 10.1 Å². The van der Waals surface area contributed by atoms with E-state index in [1.165, 1.54) is 7.05 Å². The van der Waals surface area contributed by atoms with Gasteiger partial charge in [0.05, 0.1) is 5.56 Å².